The van der Waals surface area contributed by atoms with Gasteiger partial charge in [0.15, 0.2) is 0 Å². The van der Waals surface area contributed by atoms with Gasteiger partial charge >= 0.3 is 12.0 Å². The van der Waals surface area contributed by atoms with Crippen molar-refractivity contribution in [3.05, 3.63) is 58.6 Å². The molecule has 0 saturated carbocycles. The number of aromatic amines is 1. The minimum Gasteiger partial charge on any atom is -0.477 e. The van der Waals surface area contributed by atoms with Crippen LogP contribution in [0.1, 0.15) is 21.6 Å². The van der Waals surface area contributed by atoms with Crippen LogP contribution in [0.15, 0.2) is 41.8 Å². The number of aromatic nitrogens is 3. The SMILES string of the molecule is O=C(NCCc1cnc[nH]1)Nc1snc(SCc2ccc(Cl)cc2)c1C(=O)O. The second-order valence-electron chi connectivity index (χ2n) is 5.62. The van der Waals surface area contributed by atoms with Gasteiger partial charge in [0.05, 0.1) is 6.33 Å². The Morgan fingerprint density at radius 3 is 2.75 bits per heavy atom. The van der Waals surface area contributed by atoms with Gasteiger partial charge in [-0.2, -0.15) is 4.37 Å². The van der Waals surface area contributed by atoms with E-state index in [0.717, 1.165) is 22.8 Å². The van der Waals surface area contributed by atoms with Crippen molar-refractivity contribution in [3.63, 3.8) is 0 Å². The molecule has 0 fully saturated rings. The molecule has 0 spiro atoms. The number of carbonyl (C=O) groups excluding carboxylic acids is 1. The number of urea groups is 1. The number of nitrogens with zero attached hydrogens (tertiary/aromatic N) is 2. The van der Waals surface area contributed by atoms with E-state index >= 15 is 0 Å². The first kappa shape index (κ1) is 20.2. The number of hydrogen-bond donors (Lipinski definition) is 4. The molecular formula is C17H16ClN5O3S2. The van der Waals surface area contributed by atoms with Crippen molar-refractivity contribution < 1.29 is 14.7 Å². The van der Waals surface area contributed by atoms with E-state index in [2.05, 4.69) is 25.0 Å². The van der Waals surface area contributed by atoms with Crippen molar-refractivity contribution >= 4 is 51.9 Å². The first-order valence-corrected chi connectivity index (χ1v) is 10.3. The second-order valence-corrected chi connectivity index (χ2v) is 7.79. The molecule has 2 heterocycles. The van der Waals surface area contributed by atoms with E-state index in [4.69, 9.17) is 11.6 Å². The minimum atomic E-state index is -1.14. The number of hydrogen-bond acceptors (Lipinski definition) is 6. The predicted octanol–water partition coefficient (Wildman–Crippen LogP) is 3.87. The number of H-pyrrole nitrogens is 1. The molecule has 8 nitrogen and oxygen atoms in total. The zero-order chi connectivity index (χ0) is 19.9. The number of benzene rings is 1. The molecule has 0 aliphatic rings. The first-order valence-electron chi connectivity index (χ1n) is 8.15. The van der Waals surface area contributed by atoms with E-state index in [-0.39, 0.29) is 10.6 Å². The maximum atomic E-state index is 12.1. The fourth-order valence-corrected chi connectivity index (χ4v) is 4.28. The van der Waals surface area contributed by atoms with Crippen LogP contribution in [0.25, 0.3) is 0 Å². The van der Waals surface area contributed by atoms with Crippen LogP contribution in [-0.2, 0) is 12.2 Å². The summed E-state index contributed by atoms with van der Waals surface area (Å²) >= 11 is 8.10. The molecule has 146 valence electrons. The molecule has 2 amide bonds. The Bertz CT molecular complexity index is 944. The van der Waals surface area contributed by atoms with Gasteiger partial charge in [-0.05, 0) is 29.2 Å². The summed E-state index contributed by atoms with van der Waals surface area (Å²) in [6, 6.07) is 6.80. The van der Waals surface area contributed by atoms with Gasteiger partial charge in [-0.1, -0.05) is 35.5 Å². The van der Waals surface area contributed by atoms with E-state index in [1.165, 1.54) is 11.8 Å². The topological polar surface area (TPSA) is 120 Å². The van der Waals surface area contributed by atoms with E-state index in [1.54, 1.807) is 24.7 Å². The Balaban J connectivity index is 1.59. The molecule has 0 aliphatic carbocycles. The molecule has 0 atom stereocenters. The third-order valence-electron chi connectivity index (χ3n) is 3.63. The van der Waals surface area contributed by atoms with E-state index < -0.39 is 12.0 Å². The zero-order valence-electron chi connectivity index (χ0n) is 14.4. The van der Waals surface area contributed by atoms with E-state index in [9.17, 15) is 14.7 Å². The number of carboxylic acid groups (broad SMARTS) is 1. The number of amides is 2. The van der Waals surface area contributed by atoms with Crippen molar-refractivity contribution in [2.45, 2.75) is 17.2 Å². The van der Waals surface area contributed by atoms with Gasteiger partial charge in [0.2, 0.25) is 0 Å². The Hall–Kier alpha value is -2.56. The molecule has 28 heavy (non-hydrogen) atoms. The zero-order valence-corrected chi connectivity index (χ0v) is 16.8. The van der Waals surface area contributed by atoms with Crippen molar-refractivity contribution in [3.8, 4) is 0 Å². The molecule has 11 heteroatoms. The van der Waals surface area contributed by atoms with Crippen molar-refractivity contribution in [2.75, 3.05) is 11.9 Å². The van der Waals surface area contributed by atoms with Crippen molar-refractivity contribution in [1.29, 1.82) is 0 Å². The van der Waals surface area contributed by atoms with Crippen LogP contribution in [0.3, 0.4) is 0 Å². The average Bonchev–Trinajstić information content (AvgIpc) is 3.31. The Labute approximate surface area is 173 Å². The third-order valence-corrected chi connectivity index (χ3v) is 5.80. The smallest absolute Gasteiger partial charge is 0.341 e. The highest BCUT2D eigenvalue weighted by molar-refractivity contribution is 7.98. The number of carbonyl (C=O) groups is 2. The highest BCUT2D eigenvalue weighted by Gasteiger charge is 2.22. The summed E-state index contributed by atoms with van der Waals surface area (Å²) in [5, 5.41) is 16.0. The number of imidazole rings is 1. The summed E-state index contributed by atoms with van der Waals surface area (Å²) in [5.74, 6) is -0.600. The summed E-state index contributed by atoms with van der Waals surface area (Å²) in [5.41, 5.74) is 1.88. The van der Waals surface area contributed by atoms with Gasteiger partial charge in [-0.15, -0.1) is 0 Å². The number of rotatable bonds is 8. The first-order chi connectivity index (χ1) is 13.5. The van der Waals surface area contributed by atoms with Gasteiger partial charge < -0.3 is 15.4 Å². The highest BCUT2D eigenvalue weighted by Crippen LogP contribution is 2.33. The maximum Gasteiger partial charge on any atom is 0.341 e. The Kier molecular flexibility index (Phi) is 6.90. The second kappa shape index (κ2) is 9.58. The maximum absolute atomic E-state index is 12.1. The molecule has 0 aliphatic heterocycles. The molecule has 0 radical (unpaired) electrons. The van der Waals surface area contributed by atoms with Crippen LogP contribution in [-0.4, -0.2) is 38.0 Å². The van der Waals surface area contributed by atoms with Crippen molar-refractivity contribution in [2.24, 2.45) is 0 Å². The number of nitrogens with one attached hydrogen (secondary N) is 3. The fraction of sp³-hybridized carbons (Fsp3) is 0.176. The summed E-state index contributed by atoms with van der Waals surface area (Å²) in [4.78, 5) is 30.6. The van der Waals surface area contributed by atoms with Crippen LogP contribution < -0.4 is 10.6 Å². The minimum absolute atomic E-state index is 0.00678. The highest BCUT2D eigenvalue weighted by atomic mass is 35.5. The van der Waals surface area contributed by atoms with Crippen LogP contribution in [0.4, 0.5) is 9.80 Å². The Morgan fingerprint density at radius 1 is 1.29 bits per heavy atom. The van der Waals surface area contributed by atoms with Gasteiger partial charge in [0, 0.05) is 35.6 Å². The summed E-state index contributed by atoms with van der Waals surface area (Å²) in [6.45, 7) is 0.382. The molecule has 0 saturated heterocycles. The summed E-state index contributed by atoms with van der Waals surface area (Å²) < 4.78 is 4.19. The third kappa shape index (κ3) is 5.47. The number of aromatic carboxylic acids is 1. The van der Waals surface area contributed by atoms with Crippen LogP contribution in [0, 0.1) is 0 Å². The summed E-state index contributed by atoms with van der Waals surface area (Å²) in [7, 11) is 0. The molecule has 3 rings (SSSR count). The lowest BCUT2D eigenvalue weighted by atomic mass is 10.2. The molecule has 1 aromatic carbocycles. The largest absolute Gasteiger partial charge is 0.477 e. The number of thioether (sulfide) groups is 1. The molecular weight excluding hydrogens is 422 g/mol. The monoisotopic (exact) mass is 437 g/mol. The molecule has 3 aromatic rings. The van der Waals surface area contributed by atoms with Crippen molar-refractivity contribution in [1.82, 2.24) is 19.7 Å². The number of halogens is 1. The average molecular weight is 438 g/mol. The van der Waals surface area contributed by atoms with Gasteiger partial charge in [0.25, 0.3) is 0 Å². The number of anilines is 1. The number of carboxylic acids is 1. The van der Waals surface area contributed by atoms with Crippen LogP contribution in [0.2, 0.25) is 5.02 Å². The predicted molar refractivity (Wildman–Crippen MR) is 109 cm³/mol. The molecule has 0 bridgehead atoms. The lowest BCUT2D eigenvalue weighted by Gasteiger charge is -2.06. The Morgan fingerprint density at radius 2 is 2.07 bits per heavy atom. The van der Waals surface area contributed by atoms with Crippen LogP contribution in [0.5, 0.6) is 0 Å². The van der Waals surface area contributed by atoms with E-state index in [0.29, 0.717) is 28.8 Å². The van der Waals surface area contributed by atoms with Gasteiger partial charge in [0.1, 0.15) is 15.6 Å². The lowest BCUT2D eigenvalue weighted by Crippen LogP contribution is -2.30. The standard InChI is InChI=1S/C17H16ClN5O3S2/c18-11-3-1-10(2-4-11)8-27-15-13(16(24)25)14(28-23-15)22-17(26)20-6-5-12-7-19-9-21-12/h1-4,7,9H,5-6,8H2,(H,19,21)(H,24,25)(H2,20,22,26). The van der Waals surface area contributed by atoms with Crippen LogP contribution >= 0.6 is 34.9 Å². The quantitative estimate of drug-likeness (QED) is 0.397. The molecule has 2 aromatic heterocycles. The summed E-state index contributed by atoms with van der Waals surface area (Å²) in [6.07, 6.45) is 3.83. The lowest BCUT2D eigenvalue weighted by molar-refractivity contribution is 0.0694. The molecule has 4 N–H and O–H groups in total. The fourth-order valence-electron chi connectivity index (χ4n) is 2.26. The normalized spacial score (nSPS) is 10.6. The van der Waals surface area contributed by atoms with E-state index in [1.807, 2.05) is 12.1 Å². The molecule has 0 unspecified atom stereocenters. The van der Waals surface area contributed by atoms with Gasteiger partial charge in [-0.25, -0.2) is 14.6 Å². The van der Waals surface area contributed by atoms with Gasteiger partial charge in [-0.3, -0.25) is 5.32 Å².